The van der Waals surface area contributed by atoms with Crippen molar-refractivity contribution >= 4 is 39.3 Å². The summed E-state index contributed by atoms with van der Waals surface area (Å²) in [5.41, 5.74) is 7.15. The van der Waals surface area contributed by atoms with Gasteiger partial charge in [0.1, 0.15) is 28.4 Å². The van der Waals surface area contributed by atoms with Gasteiger partial charge in [-0.1, -0.05) is 53.7 Å². The minimum absolute atomic E-state index is 0.287. The molecule has 6 unspecified atom stereocenters. The summed E-state index contributed by atoms with van der Waals surface area (Å²) in [5, 5.41) is 0.549. The Morgan fingerprint density at radius 3 is 2.82 bits per heavy atom. The third kappa shape index (κ3) is 4.24. The first-order valence-corrected chi connectivity index (χ1v) is 10.9. The number of fused-ring (bicyclic) bond motifs is 1. The van der Waals surface area contributed by atoms with Crippen LogP contribution in [0.3, 0.4) is 0 Å². The average molecular weight is 488 g/mol. The number of rotatable bonds is 4. The van der Waals surface area contributed by atoms with Gasteiger partial charge in [0.15, 0.2) is 6.29 Å². The van der Waals surface area contributed by atoms with Crippen molar-refractivity contribution in [3.05, 3.63) is 57.8 Å². The van der Waals surface area contributed by atoms with Gasteiger partial charge >= 0.3 is 0 Å². The van der Waals surface area contributed by atoms with Gasteiger partial charge in [-0.2, -0.15) is 0 Å². The van der Waals surface area contributed by atoms with Crippen molar-refractivity contribution in [1.82, 2.24) is 4.98 Å². The number of aromatic nitrogens is 1. The number of ether oxygens (including phenoxy) is 4. The van der Waals surface area contributed by atoms with Crippen LogP contribution in [0.5, 0.6) is 0 Å². The lowest BCUT2D eigenvalue weighted by molar-refractivity contribution is -0.298. The highest BCUT2D eigenvalue weighted by Crippen LogP contribution is 2.41. The van der Waals surface area contributed by atoms with Gasteiger partial charge in [0.25, 0.3) is 0 Å². The maximum atomic E-state index is 6.54. The first kappa shape index (κ1) is 20.6. The van der Waals surface area contributed by atoms with Gasteiger partial charge in [-0.15, -0.1) is 0 Å². The summed E-state index contributed by atoms with van der Waals surface area (Å²) in [6, 6.07) is 11.3. The van der Waals surface area contributed by atoms with Crippen molar-refractivity contribution in [3.8, 4) is 0 Å². The predicted octanol–water partition coefficient (Wildman–Crippen LogP) is 3.77. The second kappa shape index (κ2) is 8.97. The number of hydrogen-bond donors (Lipinski definition) is 1. The van der Waals surface area contributed by atoms with Gasteiger partial charge in [0.05, 0.1) is 17.7 Å². The van der Waals surface area contributed by atoms with Gasteiger partial charge in [0.2, 0.25) is 0 Å². The molecule has 0 bridgehead atoms. The molecule has 6 atom stereocenters. The molecule has 1 aromatic heterocycles. The lowest BCUT2D eigenvalue weighted by Crippen LogP contribution is -2.64. The van der Waals surface area contributed by atoms with Crippen molar-refractivity contribution in [1.29, 1.82) is 0 Å². The Labute approximate surface area is 181 Å². The summed E-state index contributed by atoms with van der Waals surface area (Å²) >= 11 is 11.0. The van der Waals surface area contributed by atoms with E-state index in [1.165, 1.54) is 11.8 Å². The third-order valence-corrected chi connectivity index (χ3v) is 7.03. The van der Waals surface area contributed by atoms with Crippen LogP contribution in [-0.2, 0) is 18.9 Å². The topological polar surface area (TPSA) is 75.8 Å². The van der Waals surface area contributed by atoms with E-state index < -0.39 is 6.29 Å². The molecule has 6 nitrogen and oxygen atoms in total. The van der Waals surface area contributed by atoms with Gasteiger partial charge in [-0.05, 0) is 22.0 Å². The second-order valence-electron chi connectivity index (χ2n) is 6.56. The van der Waals surface area contributed by atoms with Crippen LogP contribution in [0.25, 0.3) is 0 Å². The molecular weight excluding hydrogens is 468 g/mol. The van der Waals surface area contributed by atoms with Crippen LogP contribution < -0.4 is 5.73 Å². The maximum absolute atomic E-state index is 6.54. The number of hydrogen-bond acceptors (Lipinski definition) is 7. The maximum Gasteiger partial charge on any atom is 0.184 e. The van der Waals surface area contributed by atoms with E-state index in [4.69, 9.17) is 36.3 Å². The summed E-state index contributed by atoms with van der Waals surface area (Å²) in [6.07, 6.45) is 0.128. The minimum Gasteiger partial charge on any atom is -0.376 e. The minimum atomic E-state index is -0.468. The van der Waals surface area contributed by atoms with E-state index in [2.05, 4.69) is 20.9 Å². The van der Waals surface area contributed by atoms with Gasteiger partial charge in [0, 0.05) is 23.8 Å². The standard InChI is InChI=1S/C19H20BrClN2O4S/c1-24-16-14(22)15-12(9-25-18(27-15)10-5-3-2-4-6-10)26-19(16)28-13-7-11(21)8-23-17(13)20/h2-8,12,14-16,18-19H,9,22H2,1H3. The van der Waals surface area contributed by atoms with E-state index in [0.29, 0.717) is 16.2 Å². The van der Waals surface area contributed by atoms with Crippen molar-refractivity contribution in [2.45, 2.75) is 41.0 Å². The molecule has 4 rings (SSSR count). The number of methoxy groups -OCH3 is 1. The van der Waals surface area contributed by atoms with E-state index in [9.17, 15) is 0 Å². The molecule has 2 aliphatic rings. The Balaban J connectivity index is 1.51. The number of halogens is 2. The molecule has 150 valence electrons. The molecule has 0 radical (unpaired) electrons. The number of nitrogens with two attached hydrogens (primary N) is 1. The molecule has 2 N–H and O–H groups in total. The summed E-state index contributed by atoms with van der Waals surface area (Å²) in [4.78, 5) is 5.08. The highest BCUT2D eigenvalue weighted by Gasteiger charge is 2.49. The van der Waals surface area contributed by atoms with Gasteiger partial charge in [-0.3, -0.25) is 0 Å². The Morgan fingerprint density at radius 2 is 2.07 bits per heavy atom. The molecule has 9 heteroatoms. The monoisotopic (exact) mass is 486 g/mol. The predicted molar refractivity (Wildman–Crippen MR) is 110 cm³/mol. The van der Waals surface area contributed by atoms with Crippen LogP contribution in [0.2, 0.25) is 5.02 Å². The third-order valence-electron chi connectivity index (χ3n) is 4.76. The fourth-order valence-electron chi connectivity index (χ4n) is 3.38. The number of benzene rings is 1. The van der Waals surface area contributed by atoms with Crippen molar-refractivity contribution in [3.63, 3.8) is 0 Å². The molecule has 1 aromatic carbocycles. The van der Waals surface area contributed by atoms with Crippen molar-refractivity contribution in [2.24, 2.45) is 5.73 Å². The summed E-state index contributed by atoms with van der Waals surface area (Å²) in [5.74, 6) is 0. The van der Waals surface area contributed by atoms with Crippen LogP contribution in [-0.4, -0.2) is 48.5 Å². The summed E-state index contributed by atoms with van der Waals surface area (Å²) in [6.45, 7) is 0.389. The SMILES string of the molecule is COC1C(Sc2cc(Cl)cnc2Br)OC2COC(c3ccccc3)OC2C1N. The molecule has 2 aromatic rings. The highest BCUT2D eigenvalue weighted by molar-refractivity contribution is 9.10. The number of pyridine rings is 1. The number of thioether (sulfide) groups is 1. The molecule has 28 heavy (non-hydrogen) atoms. The first-order chi connectivity index (χ1) is 13.6. The highest BCUT2D eigenvalue weighted by atomic mass is 79.9. The van der Waals surface area contributed by atoms with Crippen molar-refractivity contribution < 1.29 is 18.9 Å². The van der Waals surface area contributed by atoms with Gasteiger partial charge in [-0.25, -0.2) is 4.98 Å². The summed E-state index contributed by atoms with van der Waals surface area (Å²) < 4.78 is 24.7. The Kier molecular flexibility index (Phi) is 6.59. The quantitative estimate of drug-likeness (QED) is 0.658. The van der Waals surface area contributed by atoms with E-state index in [0.717, 1.165) is 10.5 Å². The molecule has 0 spiro atoms. The van der Waals surface area contributed by atoms with E-state index in [1.807, 2.05) is 36.4 Å². The number of nitrogens with zero attached hydrogens (tertiary/aromatic N) is 1. The van der Waals surface area contributed by atoms with Gasteiger partial charge < -0.3 is 24.7 Å². The molecule has 0 aliphatic carbocycles. The zero-order valence-electron chi connectivity index (χ0n) is 15.0. The Bertz CT molecular complexity index is 818. The van der Waals surface area contributed by atoms with E-state index in [-0.39, 0.29) is 29.8 Å². The van der Waals surface area contributed by atoms with Crippen LogP contribution in [0, 0.1) is 0 Å². The smallest absolute Gasteiger partial charge is 0.184 e. The largest absolute Gasteiger partial charge is 0.376 e. The average Bonchev–Trinajstić information content (AvgIpc) is 2.71. The van der Waals surface area contributed by atoms with Crippen LogP contribution >= 0.6 is 39.3 Å². The lowest BCUT2D eigenvalue weighted by Gasteiger charge is -2.48. The second-order valence-corrected chi connectivity index (χ2v) is 8.89. The van der Waals surface area contributed by atoms with E-state index in [1.54, 1.807) is 13.3 Å². The fourth-order valence-corrected chi connectivity index (χ4v) is 5.32. The van der Waals surface area contributed by atoms with Crippen LogP contribution in [0.4, 0.5) is 0 Å². The fraction of sp³-hybridized carbons (Fsp3) is 0.421. The zero-order valence-corrected chi connectivity index (χ0v) is 18.2. The molecular formula is C19H20BrClN2O4S. The Hall–Kier alpha value is -0.710. The first-order valence-electron chi connectivity index (χ1n) is 8.80. The molecule has 0 amide bonds. The normalized spacial score (nSPS) is 32.7. The molecule has 2 aliphatic heterocycles. The van der Waals surface area contributed by atoms with E-state index >= 15 is 0 Å². The Morgan fingerprint density at radius 1 is 1.29 bits per heavy atom. The van der Waals surface area contributed by atoms with Crippen molar-refractivity contribution in [2.75, 3.05) is 13.7 Å². The summed E-state index contributed by atoms with van der Waals surface area (Å²) in [7, 11) is 1.63. The van der Waals surface area contributed by atoms with Crippen LogP contribution in [0.1, 0.15) is 11.9 Å². The molecule has 0 saturated carbocycles. The molecule has 3 heterocycles. The molecule has 2 fully saturated rings. The lowest BCUT2D eigenvalue weighted by atomic mass is 9.97. The molecule has 2 saturated heterocycles. The van der Waals surface area contributed by atoms with Crippen LogP contribution in [0.15, 0.2) is 52.1 Å². The zero-order chi connectivity index (χ0) is 19.7.